The van der Waals surface area contributed by atoms with Crippen LogP contribution >= 0.6 is 23.4 Å². The van der Waals surface area contributed by atoms with Crippen LogP contribution < -0.4 is 19.7 Å². The van der Waals surface area contributed by atoms with Crippen LogP contribution in [0.25, 0.3) is 0 Å². The summed E-state index contributed by atoms with van der Waals surface area (Å²) in [6.07, 6.45) is 1.87. The number of para-hydroxylation sites is 1. The molecular weight excluding hydrogens is 466 g/mol. The minimum absolute atomic E-state index is 0.206. The molecule has 1 fully saturated rings. The minimum atomic E-state index is -0.912. The van der Waals surface area contributed by atoms with Gasteiger partial charge in [-0.1, -0.05) is 23.7 Å². The summed E-state index contributed by atoms with van der Waals surface area (Å²) in [6.45, 7) is 1.04. The number of hydrogen-bond acceptors (Lipinski definition) is 6. The number of rotatable bonds is 6. The van der Waals surface area contributed by atoms with Gasteiger partial charge < -0.3 is 24.6 Å². The van der Waals surface area contributed by atoms with E-state index in [0.29, 0.717) is 30.3 Å². The number of likely N-dealkylation sites (tertiary alicyclic amines) is 1. The number of carbonyl (C=O) groups is 3. The Hall–Kier alpha value is -2.91. The van der Waals surface area contributed by atoms with E-state index in [-0.39, 0.29) is 23.2 Å². The van der Waals surface area contributed by atoms with Crippen LogP contribution in [-0.4, -0.2) is 61.7 Å². The van der Waals surface area contributed by atoms with Gasteiger partial charge in [-0.25, -0.2) is 0 Å². The summed E-state index contributed by atoms with van der Waals surface area (Å²) >= 11 is 7.56. The summed E-state index contributed by atoms with van der Waals surface area (Å²) in [7, 11) is 2.96. The van der Waals surface area contributed by atoms with E-state index in [9.17, 15) is 14.4 Å². The van der Waals surface area contributed by atoms with Crippen molar-refractivity contribution >= 4 is 52.5 Å². The first kappa shape index (κ1) is 23.3. The Balaban J connectivity index is 1.58. The first-order valence-electron chi connectivity index (χ1n) is 10.5. The molecule has 1 unspecified atom stereocenters. The predicted molar refractivity (Wildman–Crippen MR) is 127 cm³/mol. The highest BCUT2D eigenvalue weighted by atomic mass is 35.5. The predicted octanol–water partition coefficient (Wildman–Crippen LogP) is 3.43. The molecule has 4 rings (SSSR count). The van der Waals surface area contributed by atoms with Crippen molar-refractivity contribution in [2.45, 2.75) is 23.0 Å². The summed E-state index contributed by atoms with van der Waals surface area (Å²) in [4.78, 5) is 43.3. The third-order valence-electron chi connectivity index (χ3n) is 5.58. The van der Waals surface area contributed by atoms with E-state index < -0.39 is 17.1 Å². The van der Waals surface area contributed by atoms with Gasteiger partial charge in [0.25, 0.3) is 5.91 Å². The summed E-state index contributed by atoms with van der Waals surface area (Å²) in [5, 5.41) is 2.06. The molecule has 33 heavy (non-hydrogen) atoms. The lowest BCUT2D eigenvalue weighted by molar-refractivity contribution is -0.134. The fourth-order valence-corrected chi connectivity index (χ4v) is 5.36. The summed E-state index contributed by atoms with van der Waals surface area (Å²) in [5.74, 6) is -0.269. The van der Waals surface area contributed by atoms with Gasteiger partial charge in [0.05, 0.1) is 24.9 Å². The fourth-order valence-electron chi connectivity index (χ4n) is 3.92. The Morgan fingerprint density at radius 1 is 1.15 bits per heavy atom. The number of halogens is 1. The van der Waals surface area contributed by atoms with Crippen molar-refractivity contribution in [3.63, 3.8) is 0 Å². The molecule has 3 amide bonds. The molecule has 0 aliphatic carbocycles. The second kappa shape index (κ2) is 9.93. The van der Waals surface area contributed by atoms with Crippen LogP contribution in [-0.2, 0) is 14.4 Å². The molecule has 8 nitrogen and oxygen atoms in total. The van der Waals surface area contributed by atoms with Gasteiger partial charge in [0.1, 0.15) is 23.7 Å². The van der Waals surface area contributed by atoms with E-state index in [1.54, 1.807) is 29.2 Å². The standard InChI is InChI=1S/C23H24ClN3O5S/c1-31-14-11-15(24)20(17(12-14)32-2)25-19(28)13-27-16-7-3-4-8-18(16)33-21(23(27)30)22(29)26-9-5-6-10-26/h3-4,7-8,11-12,21H,5-6,9-10,13H2,1-2H3,(H,25,28). The van der Waals surface area contributed by atoms with Crippen molar-refractivity contribution in [3.8, 4) is 11.5 Å². The first-order valence-corrected chi connectivity index (χ1v) is 11.8. The highest BCUT2D eigenvalue weighted by Gasteiger charge is 2.41. The lowest BCUT2D eigenvalue weighted by Gasteiger charge is -2.34. The Morgan fingerprint density at radius 3 is 2.58 bits per heavy atom. The molecule has 0 aromatic heterocycles. The minimum Gasteiger partial charge on any atom is -0.497 e. The number of carbonyl (C=O) groups excluding carboxylic acids is 3. The third kappa shape index (κ3) is 4.74. The van der Waals surface area contributed by atoms with Crippen molar-refractivity contribution in [3.05, 3.63) is 41.4 Å². The van der Waals surface area contributed by atoms with Gasteiger partial charge in [-0.05, 0) is 25.0 Å². The number of nitrogens with zero attached hydrogens (tertiary/aromatic N) is 2. The normalized spacial score (nSPS) is 17.5. The summed E-state index contributed by atoms with van der Waals surface area (Å²) in [6, 6.07) is 10.4. The van der Waals surface area contributed by atoms with E-state index in [1.165, 1.54) is 30.9 Å². The number of amides is 3. The van der Waals surface area contributed by atoms with Gasteiger partial charge in [0, 0.05) is 30.1 Å². The molecule has 0 spiro atoms. The highest BCUT2D eigenvalue weighted by molar-refractivity contribution is 8.01. The zero-order valence-corrected chi connectivity index (χ0v) is 19.9. The Labute approximate surface area is 201 Å². The maximum absolute atomic E-state index is 13.4. The Bertz CT molecular complexity index is 1090. The molecule has 2 aliphatic rings. The second-order valence-corrected chi connectivity index (χ2v) is 9.21. The number of anilines is 2. The lowest BCUT2D eigenvalue weighted by Crippen LogP contribution is -2.51. The molecule has 0 bridgehead atoms. The molecule has 1 N–H and O–H groups in total. The van der Waals surface area contributed by atoms with Crippen molar-refractivity contribution < 1.29 is 23.9 Å². The molecule has 2 aromatic carbocycles. The number of benzene rings is 2. The SMILES string of the molecule is COc1cc(Cl)c(NC(=O)CN2C(=O)C(C(=O)N3CCCC3)Sc3ccccc32)c(OC)c1. The molecule has 2 aromatic rings. The number of thioether (sulfide) groups is 1. The molecule has 2 aliphatic heterocycles. The van der Waals surface area contributed by atoms with Gasteiger partial charge in [0.2, 0.25) is 11.8 Å². The largest absolute Gasteiger partial charge is 0.497 e. The molecule has 174 valence electrons. The van der Waals surface area contributed by atoms with Crippen LogP contribution in [0.4, 0.5) is 11.4 Å². The average Bonchev–Trinajstić information content (AvgIpc) is 3.36. The maximum Gasteiger partial charge on any atom is 0.250 e. The number of nitrogens with one attached hydrogen (secondary N) is 1. The van der Waals surface area contributed by atoms with Gasteiger partial charge in [0.15, 0.2) is 5.25 Å². The van der Waals surface area contributed by atoms with Crippen LogP contribution in [0.1, 0.15) is 12.8 Å². The van der Waals surface area contributed by atoms with Crippen LogP contribution in [0.3, 0.4) is 0 Å². The van der Waals surface area contributed by atoms with Crippen LogP contribution in [0, 0.1) is 0 Å². The fraction of sp³-hybridized carbons (Fsp3) is 0.348. The molecule has 1 atom stereocenters. The van der Waals surface area contributed by atoms with Crippen LogP contribution in [0.2, 0.25) is 5.02 Å². The van der Waals surface area contributed by atoms with E-state index >= 15 is 0 Å². The second-order valence-electron chi connectivity index (χ2n) is 7.66. The molecule has 1 saturated heterocycles. The van der Waals surface area contributed by atoms with Crippen molar-refractivity contribution in [2.75, 3.05) is 44.1 Å². The van der Waals surface area contributed by atoms with Crippen molar-refractivity contribution in [1.29, 1.82) is 0 Å². The Kier molecular flexibility index (Phi) is 6.99. The van der Waals surface area contributed by atoms with Gasteiger partial charge >= 0.3 is 0 Å². The molecule has 2 heterocycles. The monoisotopic (exact) mass is 489 g/mol. The van der Waals surface area contributed by atoms with Crippen LogP contribution in [0.5, 0.6) is 11.5 Å². The molecular formula is C23H24ClN3O5S. The summed E-state index contributed by atoms with van der Waals surface area (Å²) in [5.41, 5.74) is 0.877. The summed E-state index contributed by atoms with van der Waals surface area (Å²) < 4.78 is 10.5. The topological polar surface area (TPSA) is 88.2 Å². The number of ether oxygens (including phenoxy) is 2. The highest BCUT2D eigenvalue weighted by Crippen LogP contribution is 2.40. The van der Waals surface area contributed by atoms with Gasteiger partial charge in [-0.15, -0.1) is 11.8 Å². The smallest absolute Gasteiger partial charge is 0.250 e. The van der Waals surface area contributed by atoms with E-state index in [0.717, 1.165) is 17.7 Å². The molecule has 10 heteroatoms. The van der Waals surface area contributed by atoms with Gasteiger partial charge in [-0.2, -0.15) is 0 Å². The molecule has 0 saturated carbocycles. The van der Waals surface area contributed by atoms with Crippen molar-refractivity contribution in [2.24, 2.45) is 0 Å². The van der Waals surface area contributed by atoms with Gasteiger partial charge in [-0.3, -0.25) is 14.4 Å². The van der Waals surface area contributed by atoms with E-state index in [4.69, 9.17) is 21.1 Å². The number of fused-ring (bicyclic) bond motifs is 1. The first-order chi connectivity index (χ1) is 15.9. The zero-order valence-electron chi connectivity index (χ0n) is 18.3. The number of hydrogen-bond donors (Lipinski definition) is 1. The molecule has 0 radical (unpaired) electrons. The quantitative estimate of drug-likeness (QED) is 0.625. The Morgan fingerprint density at radius 2 is 1.88 bits per heavy atom. The van der Waals surface area contributed by atoms with Crippen LogP contribution in [0.15, 0.2) is 41.3 Å². The number of methoxy groups -OCH3 is 2. The van der Waals surface area contributed by atoms with Crippen molar-refractivity contribution in [1.82, 2.24) is 4.90 Å². The average molecular weight is 490 g/mol. The zero-order chi connectivity index (χ0) is 23.5. The van der Waals surface area contributed by atoms with E-state index in [2.05, 4.69) is 5.32 Å². The third-order valence-corrected chi connectivity index (χ3v) is 7.12. The van der Waals surface area contributed by atoms with E-state index in [1.807, 2.05) is 12.1 Å². The maximum atomic E-state index is 13.4. The lowest BCUT2D eigenvalue weighted by atomic mass is 10.2.